The summed E-state index contributed by atoms with van der Waals surface area (Å²) in [6, 6.07) is 12.2. The third kappa shape index (κ3) is 8.65. The van der Waals surface area contributed by atoms with Crippen molar-refractivity contribution < 1.29 is 22.4 Å². The van der Waals surface area contributed by atoms with Gasteiger partial charge in [0, 0.05) is 25.6 Å². The van der Waals surface area contributed by atoms with Crippen molar-refractivity contribution in [3.8, 4) is 0 Å². The highest BCUT2D eigenvalue weighted by molar-refractivity contribution is 7.92. The number of benzene rings is 2. The number of sulfonamides is 1. The van der Waals surface area contributed by atoms with E-state index in [-0.39, 0.29) is 49.6 Å². The first-order valence-electron chi connectivity index (χ1n) is 11.8. The lowest BCUT2D eigenvalue weighted by atomic mass is 10.1. The molecule has 7 nitrogen and oxygen atoms in total. The number of amides is 2. The molecule has 2 amide bonds. The summed E-state index contributed by atoms with van der Waals surface area (Å²) >= 11 is 0. The minimum absolute atomic E-state index is 0.0600. The molecule has 0 heterocycles. The molecule has 0 unspecified atom stereocenters. The molecule has 1 atom stereocenters. The van der Waals surface area contributed by atoms with E-state index in [0.29, 0.717) is 17.7 Å². The van der Waals surface area contributed by atoms with Crippen LogP contribution in [0.2, 0.25) is 0 Å². The number of hydrogen-bond donors (Lipinski definition) is 1. The molecular formula is C26H36FN3O4S. The van der Waals surface area contributed by atoms with E-state index in [4.69, 9.17) is 0 Å². The average Bonchev–Trinajstić information content (AvgIpc) is 2.76. The fourth-order valence-corrected chi connectivity index (χ4v) is 4.83. The third-order valence-electron chi connectivity index (χ3n) is 5.52. The summed E-state index contributed by atoms with van der Waals surface area (Å²) in [5, 5.41) is 2.86. The molecule has 0 aliphatic carbocycles. The largest absolute Gasteiger partial charge is 0.352 e. The Kier molecular flexibility index (Phi) is 10.2. The van der Waals surface area contributed by atoms with Gasteiger partial charge in [-0.25, -0.2) is 12.8 Å². The van der Waals surface area contributed by atoms with Crippen LogP contribution in [-0.4, -0.2) is 50.0 Å². The molecular weight excluding hydrogens is 469 g/mol. The standard InChI is InChI=1S/C26H36FN3O4S/c1-6-24(26(32)28-19(2)3)29(18-21-12-14-22(27)15-13-21)25(31)11-8-16-30(35(5,33)34)23-10-7-9-20(4)17-23/h7,9-10,12-15,17,19,24H,6,8,11,16,18H2,1-5H3,(H,28,32)/t24-/m1/s1. The number of carbonyl (C=O) groups is 2. The molecule has 0 saturated heterocycles. The summed E-state index contributed by atoms with van der Waals surface area (Å²) in [6.07, 6.45) is 1.89. The Morgan fingerprint density at radius 3 is 2.29 bits per heavy atom. The first kappa shape index (κ1) is 28.3. The predicted octanol–water partition coefficient (Wildman–Crippen LogP) is 4.01. The number of halogens is 1. The lowest BCUT2D eigenvalue weighted by Crippen LogP contribution is -2.50. The quantitative estimate of drug-likeness (QED) is 0.472. The molecule has 2 aromatic rings. The Morgan fingerprint density at radius 1 is 1.09 bits per heavy atom. The van der Waals surface area contributed by atoms with Crippen molar-refractivity contribution in [1.82, 2.24) is 10.2 Å². The van der Waals surface area contributed by atoms with Crippen LogP contribution in [0.3, 0.4) is 0 Å². The Morgan fingerprint density at radius 2 is 1.74 bits per heavy atom. The maximum Gasteiger partial charge on any atom is 0.243 e. The molecule has 0 fully saturated rings. The molecule has 1 N–H and O–H groups in total. The van der Waals surface area contributed by atoms with E-state index in [2.05, 4.69) is 5.32 Å². The first-order valence-corrected chi connectivity index (χ1v) is 13.7. The van der Waals surface area contributed by atoms with Crippen molar-refractivity contribution in [3.05, 3.63) is 65.5 Å². The lowest BCUT2D eigenvalue weighted by Gasteiger charge is -2.31. The summed E-state index contributed by atoms with van der Waals surface area (Å²) in [5.41, 5.74) is 2.18. The topological polar surface area (TPSA) is 86.8 Å². The van der Waals surface area contributed by atoms with Gasteiger partial charge in [-0.1, -0.05) is 31.2 Å². The minimum Gasteiger partial charge on any atom is -0.352 e. The molecule has 0 aliphatic heterocycles. The van der Waals surface area contributed by atoms with Gasteiger partial charge in [-0.2, -0.15) is 0 Å². The molecule has 35 heavy (non-hydrogen) atoms. The molecule has 0 saturated carbocycles. The molecule has 0 bridgehead atoms. The van der Waals surface area contributed by atoms with Crippen LogP contribution >= 0.6 is 0 Å². The molecule has 2 rings (SSSR count). The third-order valence-corrected chi connectivity index (χ3v) is 6.72. The van der Waals surface area contributed by atoms with Crippen molar-refractivity contribution in [3.63, 3.8) is 0 Å². The average molecular weight is 506 g/mol. The zero-order valence-corrected chi connectivity index (χ0v) is 21.9. The normalized spacial score (nSPS) is 12.3. The van der Waals surface area contributed by atoms with Gasteiger partial charge < -0.3 is 10.2 Å². The van der Waals surface area contributed by atoms with E-state index in [1.807, 2.05) is 33.8 Å². The Hall–Kier alpha value is -2.94. The summed E-state index contributed by atoms with van der Waals surface area (Å²) in [4.78, 5) is 27.7. The van der Waals surface area contributed by atoms with Crippen LogP contribution in [0.4, 0.5) is 10.1 Å². The highest BCUT2D eigenvalue weighted by Gasteiger charge is 2.29. The van der Waals surface area contributed by atoms with Crippen LogP contribution in [0.1, 0.15) is 51.2 Å². The highest BCUT2D eigenvalue weighted by atomic mass is 32.2. The molecule has 0 radical (unpaired) electrons. The van der Waals surface area contributed by atoms with Gasteiger partial charge in [-0.3, -0.25) is 13.9 Å². The fourth-order valence-electron chi connectivity index (χ4n) is 3.87. The van der Waals surface area contributed by atoms with E-state index in [1.165, 1.54) is 21.3 Å². The van der Waals surface area contributed by atoms with Gasteiger partial charge >= 0.3 is 0 Å². The molecule has 0 aromatic heterocycles. The fraction of sp³-hybridized carbons (Fsp3) is 0.462. The van der Waals surface area contributed by atoms with Gasteiger partial charge in [-0.15, -0.1) is 0 Å². The van der Waals surface area contributed by atoms with Gasteiger partial charge in [0.05, 0.1) is 11.9 Å². The van der Waals surface area contributed by atoms with Crippen LogP contribution < -0.4 is 9.62 Å². The minimum atomic E-state index is -3.54. The zero-order chi connectivity index (χ0) is 26.2. The summed E-state index contributed by atoms with van der Waals surface area (Å²) < 4.78 is 39.5. The van der Waals surface area contributed by atoms with Crippen LogP contribution in [0.5, 0.6) is 0 Å². The SMILES string of the molecule is CC[C@H](C(=O)NC(C)C)N(Cc1ccc(F)cc1)C(=O)CCCN(c1cccc(C)c1)S(C)(=O)=O. The summed E-state index contributed by atoms with van der Waals surface area (Å²) in [7, 11) is -3.54. The van der Waals surface area contributed by atoms with Gasteiger partial charge in [0.25, 0.3) is 0 Å². The van der Waals surface area contributed by atoms with Crippen molar-refractivity contribution >= 4 is 27.5 Å². The second-order valence-electron chi connectivity index (χ2n) is 9.01. The van der Waals surface area contributed by atoms with Gasteiger partial charge in [0.2, 0.25) is 21.8 Å². The molecule has 0 aliphatic rings. The van der Waals surface area contributed by atoms with E-state index in [0.717, 1.165) is 11.8 Å². The van der Waals surface area contributed by atoms with Gasteiger partial charge in [-0.05, 0) is 69.0 Å². The molecule has 192 valence electrons. The second-order valence-corrected chi connectivity index (χ2v) is 10.9. The van der Waals surface area contributed by atoms with Crippen LogP contribution in [0.25, 0.3) is 0 Å². The zero-order valence-electron chi connectivity index (χ0n) is 21.1. The van der Waals surface area contributed by atoms with Crippen LogP contribution in [0.15, 0.2) is 48.5 Å². The lowest BCUT2D eigenvalue weighted by molar-refractivity contribution is -0.141. The summed E-state index contributed by atoms with van der Waals surface area (Å²) in [6.45, 7) is 7.69. The Labute approximate surface area is 208 Å². The monoisotopic (exact) mass is 505 g/mol. The van der Waals surface area contributed by atoms with Crippen LogP contribution in [0, 0.1) is 12.7 Å². The van der Waals surface area contributed by atoms with Gasteiger partial charge in [0.1, 0.15) is 11.9 Å². The number of aryl methyl sites for hydroxylation is 1. The van der Waals surface area contributed by atoms with Crippen molar-refractivity contribution in [2.75, 3.05) is 17.1 Å². The van der Waals surface area contributed by atoms with Crippen molar-refractivity contribution in [1.29, 1.82) is 0 Å². The number of anilines is 1. The Balaban J connectivity index is 2.21. The summed E-state index contributed by atoms with van der Waals surface area (Å²) in [5.74, 6) is -0.901. The smallest absolute Gasteiger partial charge is 0.243 e. The first-order chi connectivity index (χ1) is 16.4. The van der Waals surface area contributed by atoms with E-state index in [9.17, 15) is 22.4 Å². The number of nitrogens with zero attached hydrogens (tertiary/aromatic N) is 2. The number of hydrogen-bond acceptors (Lipinski definition) is 4. The van der Waals surface area contributed by atoms with Crippen molar-refractivity contribution in [2.45, 2.75) is 65.6 Å². The molecule has 9 heteroatoms. The number of nitrogens with one attached hydrogen (secondary N) is 1. The van der Waals surface area contributed by atoms with E-state index < -0.39 is 16.1 Å². The molecule has 2 aromatic carbocycles. The maximum absolute atomic E-state index is 13.4. The van der Waals surface area contributed by atoms with Crippen molar-refractivity contribution in [2.24, 2.45) is 0 Å². The van der Waals surface area contributed by atoms with Gasteiger partial charge in [0.15, 0.2) is 0 Å². The predicted molar refractivity (Wildman–Crippen MR) is 137 cm³/mol. The number of rotatable bonds is 12. The van der Waals surface area contributed by atoms with E-state index in [1.54, 1.807) is 30.3 Å². The van der Waals surface area contributed by atoms with Crippen LogP contribution in [-0.2, 0) is 26.2 Å². The Bertz CT molecular complexity index is 1100. The van der Waals surface area contributed by atoms with E-state index >= 15 is 0 Å². The molecule has 0 spiro atoms. The second kappa shape index (κ2) is 12.7. The maximum atomic E-state index is 13.4. The highest BCUT2D eigenvalue weighted by Crippen LogP contribution is 2.21. The number of carbonyl (C=O) groups excluding carboxylic acids is 2.